The molecule has 0 aromatic heterocycles. The van der Waals surface area contributed by atoms with Crippen molar-refractivity contribution >= 4 is 17.6 Å². The molecule has 1 aliphatic heterocycles. The Morgan fingerprint density at radius 1 is 1.39 bits per heavy atom. The molecule has 0 radical (unpaired) electrons. The van der Waals surface area contributed by atoms with Crippen LogP contribution in [0.3, 0.4) is 0 Å². The maximum Gasteiger partial charge on any atom is 0.323 e. The minimum atomic E-state index is -0.283. The van der Waals surface area contributed by atoms with Crippen LogP contribution in [-0.4, -0.2) is 25.0 Å². The fraction of sp³-hybridized carbons (Fsp3) is 0.385. The molecule has 0 saturated heterocycles. The van der Waals surface area contributed by atoms with Crippen molar-refractivity contribution in [2.24, 2.45) is 0 Å². The summed E-state index contributed by atoms with van der Waals surface area (Å²) < 4.78 is 4.72. The van der Waals surface area contributed by atoms with Crippen molar-refractivity contribution < 1.29 is 14.3 Å². The molecule has 2 rings (SSSR count). The van der Waals surface area contributed by atoms with E-state index < -0.39 is 0 Å². The molecule has 1 aliphatic rings. The molecule has 1 amide bonds. The Hall–Kier alpha value is -1.88. The van der Waals surface area contributed by atoms with Gasteiger partial charge in [0, 0.05) is 19.2 Å². The molecule has 0 spiro atoms. The highest BCUT2D eigenvalue weighted by atomic mass is 16.5. The zero-order chi connectivity index (χ0) is 13.1. The lowest BCUT2D eigenvalue weighted by Crippen LogP contribution is -2.42. The molecule has 1 aromatic rings. The van der Waals surface area contributed by atoms with Crippen LogP contribution >= 0.6 is 0 Å². The van der Waals surface area contributed by atoms with Crippen LogP contribution in [0.4, 0.5) is 5.69 Å². The third-order valence-corrected chi connectivity index (χ3v) is 2.98. The highest BCUT2D eigenvalue weighted by Gasteiger charge is 2.24. The van der Waals surface area contributed by atoms with Crippen LogP contribution in [0.25, 0.3) is 0 Å². The molecule has 0 saturated carbocycles. The molecule has 0 bridgehead atoms. The van der Waals surface area contributed by atoms with Crippen LogP contribution in [-0.2, 0) is 27.3 Å². The Balaban J connectivity index is 2.15. The molecular weight excluding hydrogens is 232 g/mol. The lowest BCUT2D eigenvalue weighted by Gasteiger charge is -2.24. The average molecular weight is 248 g/mol. The maximum absolute atomic E-state index is 11.4. The zero-order valence-electron chi connectivity index (χ0n) is 10.4. The predicted molar refractivity (Wildman–Crippen MR) is 67.1 cm³/mol. The van der Waals surface area contributed by atoms with E-state index in [0.29, 0.717) is 13.0 Å². The number of hydrogen-bond donors (Lipinski definition) is 2. The van der Waals surface area contributed by atoms with Crippen molar-refractivity contribution in [2.45, 2.75) is 25.9 Å². The van der Waals surface area contributed by atoms with Crippen LogP contribution in [0, 0.1) is 0 Å². The van der Waals surface area contributed by atoms with Gasteiger partial charge in [-0.15, -0.1) is 0 Å². The van der Waals surface area contributed by atoms with Crippen LogP contribution in [0.1, 0.15) is 18.1 Å². The Kier molecular flexibility index (Phi) is 3.62. The third-order valence-electron chi connectivity index (χ3n) is 2.98. The fourth-order valence-corrected chi connectivity index (χ4v) is 2.10. The second-order valence-corrected chi connectivity index (χ2v) is 4.33. The first-order chi connectivity index (χ1) is 8.60. The zero-order valence-corrected chi connectivity index (χ0v) is 10.4. The number of ether oxygens (including phenoxy) is 1. The van der Waals surface area contributed by atoms with E-state index >= 15 is 0 Å². The molecule has 1 atom stereocenters. The Labute approximate surface area is 106 Å². The first kappa shape index (κ1) is 12.6. The Morgan fingerprint density at radius 2 is 2.17 bits per heavy atom. The van der Waals surface area contributed by atoms with Crippen molar-refractivity contribution in [3.05, 3.63) is 29.3 Å². The number of methoxy groups -OCH3 is 1. The number of fused-ring (bicyclic) bond motifs is 1. The summed E-state index contributed by atoms with van der Waals surface area (Å²) in [4.78, 5) is 22.4. The highest BCUT2D eigenvalue weighted by molar-refractivity contribution is 5.88. The van der Waals surface area contributed by atoms with Crippen molar-refractivity contribution in [3.63, 3.8) is 0 Å². The molecule has 1 unspecified atom stereocenters. The second-order valence-electron chi connectivity index (χ2n) is 4.33. The van der Waals surface area contributed by atoms with Gasteiger partial charge in [-0.2, -0.15) is 0 Å². The largest absolute Gasteiger partial charge is 0.468 e. The fourth-order valence-electron chi connectivity index (χ4n) is 2.10. The molecule has 5 nitrogen and oxygen atoms in total. The van der Waals surface area contributed by atoms with Crippen LogP contribution in [0.5, 0.6) is 0 Å². The monoisotopic (exact) mass is 248 g/mol. The van der Waals surface area contributed by atoms with Crippen molar-refractivity contribution in [1.29, 1.82) is 0 Å². The minimum absolute atomic E-state index is 0.0915. The van der Waals surface area contributed by atoms with Crippen molar-refractivity contribution in [1.82, 2.24) is 5.32 Å². The van der Waals surface area contributed by atoms with E-state index in [-0.39, 0.29) is 17.9 Å². The van der Waals surface area contributed by atoms with Gasteiger partial charge in [0.1, 0.15) is 6.04 Å². The van der Waals surface area contributed by atoms with Gasteiger partial charge in [-0.1, -0.05) is 6.07 Å². The first-order valence-electron chi connectivity index (χ1n) is 5.80. The van der Waals surface area contributed by atoms with Crippen molar-refractivity contribution in [3.8, 4) is 0 Å². The number of esters is 1. The lowest BCUT2D eigenvalue weighted by atomic mass is 9.95. The summed E-state index contributed by atoms with van der Waals surface area (Å²) in [6.45, 7) is 2.08. The van der Waals surface area contributed by atoms with Gasteiger partial charge in [0.2, 0.25) is 5.91 Å². The van der Waals surface area contributed by atoms with Crippen LogP contribution in [0.15, 0.2) is 18.2 Å². The quantitative estimate of drug-likeness (QED) is 0.761. The summed E-state index contributed by atoms with van der Waals surface area (Å²) in [5, 5.41) is 5.86. The first-order valence-corrected chi connectivity index (χ1v) is 5.80. The predicted octanol–water partition coefficient (Wildman–Crippen LogP) is 0.832. The SMILES string of the molecule is COC(=O)C1Cc2ccc(NC(C)=O)cc2CN1. The molecule has 0 fully saturated rings. The molecule has 0 aliphatic carbocycles. The molecule has 18 heavy (non-hydrogen) atoms. The van der Waals surface area contributed by atoms with Gasteiger partial charge in [-0.25, -0.2) is 0 Å². The average Bonchev–Trinajstić information content (AvgIpc) is 2.36. The van der Waals surface area contributed by atoms with E-state index in [1.807, 2.05) is 18.2 Å². The van der Waals surface area contributed by atoms with Gasteiger partial charge >= 0.3 is 5.97 Å². The number of carbonyl (C=O) groups excluding carboxylic acids is 2. The number of carbonyl (C=O) groups is 2. The number of amides is 1. The van der Waals surface area contributed by atoms with Gasteiger partial charge < -0.3 is 15.4 Å². The summed E-state index contributed by atoms with van der Waals surface area (Å²) >= 11 is 0. The van der Waals surface area contributed by atoms with Gasteiger partial charge in [-0.3, -0.25) is 9.59 Å². The summed E-state index contributed by atoms with van der Waals surface area (Å²) in [5.41, 5.74) is 2.99. The van der Waals surface area contributed by atoms with Gasteiger partial charge in [0.05, 0.1) is 7.11 Å². The number of benzene rings is 1. The lowest BCUT2D eigenvalue weighted by molar-refractivity contribution is -0.143. The standard InChI is InChI=1S/C13H16N2O3/c1-8(16)15-11-4-3-9-6-12(13(17)18-2)14-7-10(9)5-11/h3-5,12,14H,6-7H2,1-2H3,(H,15,16). The number of nitrogens with one attached hydrogen (secondary N) is 2. The molecule has 96 valence electrons. The smallest absolute Gasteiger partial charge is 0.323 e. The Bertz CT molecular complexity index is 485. The summed E-state index contributed by atoms with van der Waals surface area (Å²) in [6.07, 6.45) is 0.613. The van der Waals surface area contributed by atoms with Gasteiger partial charge in [0.25, 0.3) is 0 Å². The summed E-state index contributed by atoms with van der Waals surface area (Å²) in [5.74, 6) is -0.335. The van der Waals surface area contributed by atoms with Crippen LogP contribution in [0.2, 0.25) is 0 Å². The number of anilines is 1. The molecule has 5 heteroatoms. The van der Waals surface area contributed by atoms with Crippen LogP contribution < -0.4 is 10.6 Å². The van der Waals surface area contributed by atoms with Gasteiger partial charge in [0.15, 0.2) is 0 Å². The normalized spacial score (nSPS) is 17.8. The Morgan fingerprint density at radius 3 is 2.83 bits per heavy atom. The molecule has 2 N–H and O–H groups in total. The van der Waals surface area contributed by atoms with E-state index in [0.717, 1.165) is 16.8 Å². The van der Waals surface area contributed by atoms with E-state index in [4.69, 9.17) is 4.74 Å². The topological polar surface area (TPSA) is 67.4 Å². The molecule has 1 heterocycles. The van der Waals surface area contributed by atoms with Gasteiger partial charge in [-0.05, 0) is 29.7 Å². The second kappa shape index (κ2) is 5.18. The summed E-state index contributed by atoms with van der Waals surface area (Å²) in [6, 6.07) is 5.43. The maximum atomic E-state index is 11.4. The van der Waals surface area contributed by atoms with E-state index in [9.17, 15) is 9.59 Å². The third kappa shape index (κ3) is 2.68. The minimum Gasteiger partial charge on any atom is -0.468 e. The number of rotatable bonds is 2. The molecular formula is C13H16N2O3. The van der Waals surface area contributed by atoms with E-state index in [1.165, 1.54) is 14.0 Å². The summed E-state index contributed by atoms with van der Waals surface area (Å²) in [7, 11) is 1.39. The van der Waals surface area contributed by atoms with E-state index in [1.54, 1.807) is 0 Å². The van der Waals surface area contributed by atoms with Crippen molar-refractivity contribution in [2.75, 3.05) is 12.4 Å². The molecule has 1 aromatic carbocycles. The highest BCUT2D eigenvalue weighted by Crippen LogP contribution is 2.21. The van der Waals surface area contributed by atoms with E-state index in [2.05, 4.69) is 10.6 Å². The number of hydrogen-bond acceptors (Lipinski definition) is 4.